The number of carbonyl (C=O) groups excluding carboxylic acids is 1. The van der Waals surface area contributed by atoms with Crippen LogP contribution >= 0.6 is 0 Å². The van der Waals surface area contributed by atoms with E-state index in [0.29, 0.717) is 24.5 Å². The Labute approximate surface area is 152 Å². The zero-order chi connectivity index (χ0) is 19.1. The average molecular weight is 356 g/mol. The molecule has 7 heteroatoms. The molecule has 0 N–H and O–H groups in total. The molecular formula is C19H24N4O3. The van der Waals surface area contributed by atoms with E-state index < -0.39 is 4.92 Å². The Morgan fingerprint density at radius 2 is 1.96 bits per heavy atom. The molecule has 1 aromatic carbocycles. The van der Waals surface area contributed by atoms with Gasteiger partial charge in [0.1, 0.15) is 17.9 Å². The molecule has 2 aromatic rings. The maximum atomic E-state index is 12.8. The van der Waals surface area contributed by atoms with E-state index in [9.17, 15) is 14.9 Å². The van der Waals surface area contributed by atoms with E-state index in [1.165, 1.54) is 10.2 Å². The van der Waals surface area contributed by atoms with Gasteiger partial charge in [-0.3, -0.25) is 19.6 Å². The van der Waals surface area contributed by atoms with Gasteiger partial charge in [-0.1, -0.05) is 44.2 Å². The molecule has 138 valence electrons. The fourth-order valence-corrected chi connectivity index (χ4v) is 3.90. The Morgan fingerprint density at radius 3 is 2.54 bits per heavy atom. The van der Waals surface area contributed by atoms with Crippen LogP contribution in [-0.4, -0.2) is 38.6 Å². The maximum Gasteiger partial charge on any atom is 0.312 e. The highest BCUT2D eigenvalue weighted by Crippen LogP contribution is 2.42. The maximum absolute atomic E-state index is 12.8. The van der Waals surface area contributed by atoms with Crippen molar-refractivity contribution in [3.63, 3.8) is 0 Å². The Kier molecular flexibility index (Phi) is 4.56. The van der Waals surface area contributed by atoms with Crippen LogP contribution < -0.4 is 0 Å². The molecule has 1 aromatic heterocycles. The second-order valence-electron chi connectivity index (χ2n) is 7.66. The summed E-state index contributed by atoms with van der Waals surface area (Å²) in [6.07, 6.45) is 0. The fraction of sp³-hybridized carbons (Fsp3) is 0.474. The molecule has 26 heavy (non-hydrogen) atoms. The predicted molar refractivity (Wildman–Crippen MR) is 97.9 cm³/mol. The zero-order valence-electron chi connectivity index (χ0n) is 15.6. The van der Waals surface area contributed by atoms with E-state index in [4.69, 9.17) is 0 Å². The number of benzene rings is 1. The third-order valence-electron chi connectivity index (χ3n) is 5.31. The lowest BCUT2D eigenvalue weighted by Gasteiger charge is -2.25. The van der Waals surface area contributed by atoms with Crippen LogP contribution in [0.15, 0.2) is 30.3 Å². The number of hydrogen-bond donors (Lipinski definition) is 0. The summed E-state index contributed by atoms with van der Waals surface area (Å²) in [6, 6.07) is 10.2. The summed E-state index contributed by atoms with van der Waals surface area (Å²) < 4.78 is 1.44. The van der Waals surface area contributed by atoms with Crippen molar-refractivity contribution in [3.8, 4) is 0 Å². The van der Waals surface area contributed by atoms with E-state index in [-0.39, 0.29) is 29.5 Å². The van der Waals surface area contributed by atoms with Gasteiger partial charge in [-0.2, -0.15) is 5.10 Å². The molecule has 1 atom stereocenters. The molecule has 1 aliphatic heterocycles. The third kappa shape index (κ3) is 3.21. The van der Waals surface area contributed by atoms with Crippen LogP contribution in [0.1, 0.15) is 36.7 Å². The van der Waals surface area contributed by atoms with E-state index >= 15 is 0 Å². The van der Waals surface area contributed by atoms with Gasteiger partial charge in [-0.05, 0) is 24.8 Å². The quantitative estimate of drug-likeness (QED) is 0.623. The number of hydrogen-bond acceptors (Lipinski definition) is 4. The van der Waals surface area contributed by atoms with E-state index in [1.54, 1.807) is 13.8 Å². The van der Waals surface area contributed by atoms with Crippen molar-refractivity contribution in [2.75, 3.05) is 13.1 Å². The van der Waals surface area contributed by atoms with Crippen molar-refractivity contribution in [2.24, 2.45) is 5.41 Å². The summed E-state index contributed by atoms with van der Waals surface area (Å²) in [6.45, 7) is 8.91. The monoisotopic (exact) mass is 356 g/mol. The summed E-state index contributed by atoms with van der Waals surface area (Å²) >= 11 is 0. The molecule has 0 spiro atoms. The lowest BCUT2D eigenvalue weighted by molar-refractivity contribution is -0.386. The highest BCUT2D eigenvalue weighted by molar-refractivity contribution is 5.76. The highest BCUT2D eigenvalue weighted by atomic mass is 16.6. The second-order valence-corrected chi connectivity index (χ2v) is 7.66. The smallest absolute Gasteiger partial charge is 0.312 e. The first-order chi connectivity index (χ1) is 12.2. The number of aryl methyl sites for hydroxylation is 1. The van der Waals surface area contributed by atoms with Gasteiger partial charge in [0.15, 0.2) is 0 Å². The molecule has 0 bridgehead atoms. The zero-order valence-corrected chi connectivity index (χ0v) is 15.6. The van der Waals surface area contributed by atoms with Crippen molar-refractivity contribution in [2.45, 2.75) is 40.2 Å². The summed E-state index contributed by atoms with van der Waals surface area (Å²) in [7, 11) is 0. The van der Waals surface area contributed by atoms with E-state index in [1.807, 2.05) is 23.1 Å². The largest absolute Gasteiger partial charge is 0.340 e. The Hall–Kier alpha value is -2.70. The van der Waals surface area contributed by atoms with Crippen molar-refractivity contribution in [3.05, 3.63) is 57.4 Å². The Balaban J connectivity index is 1.78. The molecule has 0 unspecified atom stereocenters. The summed E-state index contributed by atoms with van der Waals surface area (Å²) in [4.78, 5) is 25.4. The number of carbonyl (C=O) groups is 1. The average Bonchev–Trinajstić information content (AvgIpc) is 3.04. The number of nitro groups is 1. The minimum atomic E-state index is -0.441. The summed E-state index contributed by atoms with van der Waals surface area (Å²) in [5.41, 5.74) is 1.94. The van der Waals surface area contributed by atoms with Crippen LogP contribution in [0.3, 0.4) is 0 Å². The van der Waals surface area contributed by atoms with Crippen LogP contribution in [0.2, 0.25) is 0 Å². The van der Waals surface area contributed by atoms with Crippen LogP contribution in [-0.2, 0) is 11.3 Å². The van der Waals surface area contributed by atoms with Crippen LogP contribution in [0.5, 0.6) is 0 Å². The molecule has 1 fully saturated rings. The minimum Gasteiger partial charge on any atom is -0.340 e. The van der Waals surface area contributed by atoms with Gasteiger partial charge >= 0.3 is 5.69 Å². The summed E-state index contributed by atoms with van der Waals surface area (Å²) in [5, 5.41) is 15.3. The van der Waals surface area contributed by atoms with Gasteiger partial charge in [0.05, 0.1) is 4.92 Å². The van der Waals surface area contributed by atoms with Crippen molar-refractivity contribution in [1.82, 2.24) is 14.7 Å². The van der Waals surface area contributed by atoms with E-state index in [0.717, 1.165) is 0 Å². The molecular weight excluding hydrogens is 332 g/mol. The van der Waals surface area contributed by atoms with Crippen LogP contribution in [0.25, 0.3) is 0 Å². The fourth-order valence-electron chi connectivity index (χ4n) is 3.90. The molecule has 1 saturated heterocycles. The van der Waals surface area contributed by atoms with Gasteiger partial charge in [0.2, 0.25) is 5.91 Å². The highest BCUT2D eigenvalue weighted by Gasteiger charge is 2.42. The normalized spacial score (nSPS) is 18.9. The topological polar surface area (TPSA) is 81.3 Å². The second kappa shape index (κ2) is 6.55. The standard InChI is InChI=1S/C19H24N4O3/c1-13-18(23(25)26)14(2)22(20-13)11-17(24)21-10-16(19(3,4)12-21)15-8-6-5-7-9-15/h5-9,16H,10-12H2,1-4H3/t16-/m1/s1. The molecule has 1 amide bonds. The van der Waals surface area contributed by atoms with E-state index in [2.05, 4.69) is 31.1 Å². The molecule has 3 rings (SSSR count). The lowest BCUT2D eigenvalue weighted by Crippen LogP contribution is -2.33. The molecule has 0 saturated carbocycles. The van der Waals surface area contributed by atoms with Gasteiger partial charge in [-0.15, -0.1) is 0 Å². The van der Waals surface area contributed by atoms with Gasteiger partial charge in [-0.25, -0.2) is 0 Å². The van der Waals surface area contributed by atoms with Crippen molar-refractivity contribution in [1.29, 1.82) is 0 Å². The predicted octanol–water partition coefficient (Wildman–Crippen LogP) is 3.06. The molecule has 2 heterocycles. The third-order valence-corrected chi connectivity index (χ3v) is 5.31. The number of aromatic nitrogens is 2. The van der Waals surface area contributed by atoms with Crippen molar-refractivity contribution < 1.29 is 9.72 Å². The Morgan fingerprint density at radius 1 is 1.31 bits per heavy atom. The first kappa shape index (κ1) is 18.1. The lowest BCUT2D eigenvalue weighted by atomic mass is 9.78. The van der Waals surface area contributed by atoms with Crippen LogP contribution in [0.4, 0.5) is 5.69 Å². The number of likely N-dealkylation sites (tertiary alicyclic amines) is 1. The summed E-state index contributed by atoms with van der Waals surface area (Å²) in [5.74, 6) is 0.208. The first-order valence-corrected chi connectivity index (χ1v) is 8.72. The SMILES string of the molecule is Cc1nn(CC(=O)N2C[C@H](c3ccccc3)C(C)(C)C2)c(C)c1[N+](=O)[O-]. The first-order valence-electron chi connectivity index (χ1n) is 8.72. The number of rotatable bonds is 4. The number of nitrogens with zero attached hydrogens (tertiary/aromatic N) is 4. The molecule has 0 aliphatic carbocycles. The minimum absolute atomic E-state index is 0.0123. The molecule has 0 radical (unpaired) electrons. The van der Waals surface area contributed by atoms with Crippen LogP contribution in [0, 0.1) is 29.4 Å². The number of amides is 1. The Bertz CT molecular complexity index is 842. The van der Waals surface area contributed by atoms with Gasteiger partial charge in [0, 0.05) is 19.0 Å². The molecule has 7 nitrogen and oxygen atoms in total. The molecule has 1 aliphatic rings. The van der Waals surface area contributed by atoms with Gasteiger partial charge < -0.3 is 4.90 Å². The van der Waals surface area contributed by atoms with Gasteiger partial charge in [0.25, 0.3) is 0 Å². The van der Waals surface area contributed by atoms with Crippen molar-refractivity contribution >= 4 is 11.6 Å².